The van der Waals surface area contributed by atoms with Crippen LogP contribution < -0.4 is 4.74 Å². The van der Waals surface area contributed by atoms with Crippen LogP contribution >= 0.6 is 0 Å². The maximum absolute atomic E-state index is 12.3. The molecule has 110 valence electrons. The maximum Gasteiger partial charge on any atom is 0.339 e. The molecule has 0 unspecified atom stereocenters. The van der Waals surface area contributed by atoms with E-state index in [1.165, 1.54) is 11.1 Å². The van der Waals surface area contributed by atoms with E-state index in [9.17, 15) is 4.79 Å². The predicted molar refractivity (Wildman–Crippen MR) is 83.5 cm³/mol. The van der Waals surface area contributed by atoms with Gasteiger partial charge in [0.2, 0.25) is 0 Å². The number of carbonyl (C=O) groups is 1. The average molecular weight is 293 g/mol. The monoisotopic (exact) mass is 293 g/mol. The zero-order valence-electron chi connectivity index (χ0n) is 12.3. The van der Waals surface area contributed by atoms with Crippen molar-refractivity contribution in [2.24, 2.45) is 0 Å². The van der Waals surface area contributed by atoms with Gasteiger partial charge >= 0.3 is 5.97 Å². The molecule has 22 heavy (non-hydrogen) atoms. The molecule has 4 nitrogen and oxygen atoms in total. The van der Waals surface area contributed by atoms with Crippen LogP contribution in [-0.4, -0.2) is 18.1 Å². The van der Waals surface area contributed by atoms with E-state index in [0.717, 1.165) is 57.9 Å². The highest BCUT2D eigenvalue weighted by molar-refractivity contribution is 6.21. The van der Waals surface area contributed by atoms with Crippen molar-refractivity contribution in [2.45, 2.75) is 25.9 Å². The third-order valence-electron chi connectivity index (χ3n) is 4.99. The number of esters is 1. The quantitative estimate of drug-likeness (QED) is 0.699. The van der Waals surface area contributed by atoms with E-state index in [0.29, 0.717) is 6.61 Å². The fraction of sp³-hybridized carbons (Fsp3) is 0.278. The molecule has 5 rings (SSSR count). The third-order valence-corrected chi connectivity index (χ3v) is 4.99. The van der Waals surface area contributed by atoms with E-state index >= 15 is 0 Å². The lowest BCUT2D eigenvalue weighted by molar-refractivity contribution is 0.0536. The molecule has 3 aromatic rings. The molecule has 1 aromatic heterocycles. The van der Waals surface area contributed by atoms with Gasteiger partial charge < -0.3 is 14.5 Å². The highest BCUT2D eigenvalue weighted by atomic mass is 16.5. The molecule has 0 atom stereocenters. The molecule has 0 fully saturated rings. The van der Waals surface area contributed by atoms with Crippen LogP contribution in [0, 0.1) is 0 Å². The predicted octanol–water partition coefficient (Wildman–Crippen LogP) is 3.49. The topological polar surface area (TPSA) is 51.3 Å². The number of nitrogens with one attached hydrogen (secondary N) is 1. The second kappa shape index (κ2) is 4.03. The van der Waals surface area contributed by atoms with Crippen LogP contribution in [0.1, 0.15) is 33.5 Å². The Morgan fingerprint density at radius 3 is 2.86 bits per heavy atom. The van der Waals surface area contributed by atoms with Gasteiger partial charge in [0.25, 0.3) is 0 Å². The van der Waals surface area contributed by atoms with Crippen molar-refractivity contribution < 1.29 is 14.3 Å². The molecule has 2 heterocycles. The van der Waals surface area contributed by atoms with Crippen LogP contribution in [0.2, 0.25) is 0 Å². The molecule has 2 aliphatic rings. The molecular formula is C18H15NO3. The molecular weight excluding hydrogens is 278 g/mol. The molecule has 1 aliphatic carbocycles. The Bertz CT molecular complexity index is 968. The molecule has 2 aromatic carbocycles. The molecule has 0 saturated heterocycles. The van der Waals surface area contributed by atoms with E-state index in [1.807, 2.05) is 18.2 Å². The minimum atomic E-state index is -0.207. The highest BCUT2D eigenvalue weighted by Crippen LogP contribution is 2.44. The average Bonchev–Trinajstić information content (AvgIpc) is 3.22. The van der Waals surface area contributed by atoms with Crippen molar-refractivity contribution in [3.05, 3.63) is 40.5 Å². The van der Waals surface area contributed by atoms with Gasteiger partial charge in [-0.15, -0.1) is 0 Å². The zero-order chi connectivity index (χ0) is 14.8. The van der Waals surface area contributed by atoms with Gasteiger partial charge in [0.1, 0.15) is 12.4 Å². The van der Waals surface area contributed by atoms with Gasteiger partial charge in [0.05, 0.1) is 29.1 Å². The molecule has 0 spiro atoms. The van der Waals surface area contributed by atoms with E-state index in [2.05, 4.69) is 4.98 Å². The van der Waals surface area contributed by atoms with Crippen molar-refractivity contribution >= 4 is 27.8 Å². The summed E-state index contributed by atoms with van der Waals surface area (Å²) in [7, 11) is 1.67. The van der Waals surface area contributed by atoms with Gasteiger partial charge in [-0.1, -0.05) is 6.07 Å². The van der Waals surface area contributed by atoms with E-state index in [-0.39, 0.29) is 5.97 Å². The summed E-state index contributed by atoms with van der Waals surface area (Å²) in [4.78, 5) is 15.9. The summed E-state index contributed by atoms with van der Waals surface area (Å²) in [6.07, 6.45) is 3.24. The summed E-state index contributed by atoms with van der Waals surface area (Å²) in [6.45, 7) is 0.411. The number of hydrogen-bond donors (Lipinski definition) is 1. The number of fused-ring (bicyclic) bond motifs is 8. The first-order valence-corrected chi connectivity index (χ1v) is 7.61. The van der Waals surface area contributed by atoms with Crippen molar-refractivity contribution in [2.75, 3.05) is 7.11 Å². The van der Waals surface area contributed by atoms with Gasteiger partial charge in [-0.2, -0.15) is 0 Å². The van der Waals surface area contributed by atoms with Crippen LogP contribution in [0.25, 0.3) is 21.8 Å². The minimum absolute atomic E-state index is 0.207. The molecule has 1 aliphatic heterocycles. The Hall–Kier alpha value is -2.49. The summed E-state index contributed by atoms with van der Waals surface area (Å²) in [6, 6.07) is 5.94. The lowest BCUT2D eigenvalue weighted by Gasteiger charge is -2.08. The number of aromatic nitrogens is 1. The van der Waals surface area contributed by atoms with E-state index < -0.39 is 0 Å². The van der Waals surface area contributed by atoms with E-state index in [4.69, 9.17) is 9.47 Å². The van der Waals surface area contributed by atoms with Crippen molar-refractivity contribution in [1.82, 2.24) is 4.98 Å². The number of methoxy groups -OCH3 is 1. The Kier molecular flexibility index (Phi) is 2.22. The summed E-state index contributed by atoms with van der Waals surface area (Å²) in [5.74, 6) is 0.588. The van der Waals surface area contributed by atoms with Gasteiger partial charge in [-0.05, 0) is 42.5 Å². The Morgan fingerprint density at radius 1 is 1.14 bits per heavy atom. The maximum atomic E-state index is 12.3. The second-order valence-corrected chi connectivity index (χ2v) is 6.00. The summed E-state index contributed by atoms with van der Waals surface area (Å²) >= 11 is 0. The number of ether oxygens (including phenoxy) is 2. The minimum Gasteiger partial charge on any atom is -0.496 e. The Balaban J connectivity index is 2.08. The number of rotatable bonds is 1. The van der Waals surface area contributed by atoms with Crippen LogP contribution in [0.4, 0.5) is 0 Å². The molecule has 0 radical (unpaired) electrons. The number of H-pyrrole nitrogens is 1. The van der Waals surface area contributed by atoms with Crippen molar-refractivity contribution in [1.29, 1.82) is 0 Å². The largest absolute Gasteiger partial charge is 0.496 e. The number of benzene rings is 2. The number of aryl methyl sites for hydroxylation is 1. The number of cyclic esters (lactones) is 1. The number of hydrogen-bond acceptors (Lipinski definition) is 3. The summed E-state index contributed by atoms with van der Waals surface area (Å²) in [5.41, 5.74) is 6.61. The fourth-order valence-electron chi connectivity index (χ4n) is 4.11. The third kappa shape index (κ3) is 1.30. The fourth-order valence-corrected chi connectivity index (χ4v) is 4.11. The smallest absolute Gasteiger partial charge is 0.339 e. The van der Waals surface area contributed by atoms with E-state index in [1.54, 1.807) is 7.11 Å². The first-order valence-electron chi connectivity index (χ1n) is 7.61. The molecule has 1 N–H and O–H groups in total. The lowest BCUT2D eigenvalue weighted by atomic mass is 9.94. The van der Waals surface area contributed by atoms with Crippen LogP contribution in [-0.2, 0) is 24.2 Å². The first kappa shape index (κ1) is 12.1. The zero-order valence-corrected chi connectivity index (χ0v) is 12.3. The second-order valence-electron chi connectivity index (χ2n) is 6.00. The lowest BCUT2D eigenvalue weighted by Crippen LogP contribution is -1.99. The van der Waals surface area contributed by atoms with Gasteiger partial charge in [-0.25, -0.2) is 4.79 Å². The van der Waals surface area contributed by atoms with Gasteiger partial charge in [-0.3, -0.25) is 0 Å². The van der Waals surface area contributed by atoms with Crippen LogP contribution in [0.3, 0.4) is 0 Å². The SMILES string of the molecule is COc1cccc2[nH]c3c4c(c5c(c3c12)C(=O)OC5)CCC4. The first-order chi connectivity index (χ1) is 10.8. The molecule has 0 bridgehead atoms. The number of carbonyl (C=O) groups excluding carboxylic acids is 1. The van der Waals surface area contributed by atoms with Crippen LogP contribution in [0.15, 0.2) is 18.2 Å². The van der Waals surface area contributed by atoms with Crippen molar-refractivity contribution in [3.8, 4) is 5.75 Å². The summed E-state index contributed by atoms with van der Waals surface area (Å²) < 4.78 is 10.9. The summed E-state index contributed by atoms with van der Waals surface area (Å²) in [5, 5.41) is 1.97. The van der Waals surface area contributed by atoms with Crippen molar-refractivity contribution in [3.63, 3.8) is 0 Å². The van der Waals surface area contributed by atoms with Crippen LogP contribution in [0.5, 0.6) is 5.75 Å². The standard InChI is InChI=1S/C18H15NO3/c1-21-13-7-3-6-12-15(13)16-14-11(8-22-18(14)20)9-4-2-5-10(9)17(16)19-12/h3,6-7,19H,2,4-5,8H2,1H3. The van der Waals surface area contributed by atoms with Gasteiger partial charge in [0.15, 0.2) is 0 Å². The molecule has 0 amide bonds. The Morgan fingerprint density at radius 2 is 2.00 bits per heavy atom. The van der Waals surface area contributed by atoms with Gasteiger partial charge in [0, 0.05) is 10.9 Å². The normalized spacial score (nSPS) is 16.1. The molecule has 4 heteroatoms. The number of aromatic amines is 1. The highest BCUT2D eigenvalue weighted by Gasteiger charge is 2.33. The Labute approximate surface area is 127 Å². The molecule has 0 saturated carbocycles.